The molecule has 0 spiro atoms. The van der Waals surface area contributed by atoms with Crippen LogP contribution >= 0.6 is 0 Å². The molecule has 2 aromatic carbocycles. The fourth-order valence-corrected chi connectivity index (χ4v) is 1.87. The third kappa shape index (κ3) is 4.46. The number of benzene rings is 2. The van der Waals surface area contributed by atoms with Crippen LogP contribution in [0.2, 0.25) is 0 Å². The molecule has 3 nitrogen and oxygen atoms in total. The van der Waals surface area contributed by atoms with Gasteiger partial charge in [-0.25, -0.2) is 4.39 Å². The second kappa shape index (κ2) is 7.09. The molecule has 0 heterocycles. The molecule has 0 saturated carbocycles. The van der Waals surface area contributed by atoms with Crippen LogP contribution in [0.4, 0.5) is 4.39 Å². The molecule has 0 aromatic heterocycles. The van der Waals surface area contributed by atoms with E-state index in [-0.39, 0.29) is 5.82 Å². The number of methoxy groups -OCH3 is 1. The van der Waals surface area contributed by atoms with E-state index in [0.717, 1.165) is 11.3 Å². The van der Waals surface area contributed by atoms with Gasteiger partial charge in [-0.05, 0) is 42.5 Å². The highest BCUT2D eigenvalue weighted by Gasteiger charge is 2.07. The first-order chi connectivity index (χ1) is 10.1. The highest BCUT2D eigenvalue weighted by molar-refractivity contribution is 5.39. The standard InChI is InChI=1S/C17H20FNO2/c1-12(2)19-11-13-10-14(18)4-9-17(13)21-16-7-5-15(20-3)6-8-16/h4-10,12,19H,11H2,1-3H3. The van der Waals surface area contributed by atoms with Gasteiger partial charge in [0.05, 0.1) is 7.11 Å². The minimum absolute atomic E-state index is 0.266. The molecule has 0 aliphatic heterocycles. The van der Waals surface area contributed by atoms with Crippen LogP contribution in [-0.4, -0.2) is 13.2 Å². The lowest BCUT2D eigenvalue weighted by molar-refractivity contribution is 0.412. The molecule has 0 fully saturated rings. The fraction of sp³-hybridized carbons (Fsp3) is 0.294. The summed E-state index contributed by atoms with van der Waals surface area (Å²) < 4.78 is 24.4. The Hall–Kier alpha value is -2.07. The van der Waals surface area contributed by atoms with Crippen LogP contribution in [0.3, 0.4) is 0 Å². The van der Waals surface area contributed by atoms with Crippen molar-refractivity contribution in [2.75, 3.05) is 7.11 Å². The van der Waals surface area contributed by atoms with E-state index in [0.29, 0.717) is 24.1 Å². The Morgan fingerprint density at radius 3 is 2.33 bits per heavy atom. The fourth-order valence-electron chi connectivity index (χ4n) is 1.87. The van der Waals surface area contributed by atoms with Crippen LogP contribution in [-0.2, 0) is 6.54 Å². The lowest BCUT2D eigenvalue weighted by Gasteiger charge is -2.14. The predicted octanol–water partition coefficient (Wildman–Crippen LogP) is 4.12. The normalized spacial score (nSPS) is 10.7. The second-order valence-electron chi connectivity index (χ2n) is 5.07. The van der Waals surface area contributed by atoms with Crippen molar-refractivity contribution in [3.8, 4) is 17.2 Å². The molecule has 21 heavy (non-hydrogen) atoms. The molecule has 0 aliphatic rings. The quantitative estimate of drug-likeness (QED) is 0.867. The smallest absolute Gasteiger partial charge is 0.132 e. The van der Waals surface area contributed by atoms with Crippen molar-refractivity contribution >= 4 is 0 Å². The number of halogens is 1. The summed E-state index contributed by atoms with van der Waals surface area (Å²) >= 11 is 0. The molecule has 2 rings (SSSR count). The van der Waals surface area contributed by atoms with Gasteiger partial charge in [0.25, 0.3) is 0 Å². The lowest BCUT2D eigenvalue weighted by atomic mass is 10.2. The van der Waals surface area contributed by atoms with E-state index in [1.165, 1.54) is 12.1 Å². The maximum Gasteiger partial charge on any atom is 0.132 e. The summed E-state index contributed by atoms with van der Waals surface area (Å²) in [4.78, 5) is 0. The van der Waals surface area contributed by atoms with Gasteiger partial charge < -0.3 is 14.8 Å². The molecule has 0 atom stereocenters. The zero-order valence-electron chi connectivity index (χ0n) is 12.5. The van der Waals surface area contributed by atoms with Gasteiger partial charge in [0.1, 0.15) is 23.1 Å². The lowest BCUT2D eigenvalue weighted by Crippen LogP contribution is -2.22. The topological polar surface area (TPSA) is 30.5 Å². The largest absolute Gasteiger partial charge is 0.497 e. The number of nitrogens with one attached hydrogen (secondary N) is 1. The minimum atomic E-state index is -0.266. The van der Waals surface area contributed by atoms with Crippen molar-refractivity contribution in [2.24, 2.45) is 0 Å². The second-order valence-corrected chi connectivity index (χ2v) is 5.07. The molecular weight excluding hydrogens is 269 g/mol. The van der Waals surface area contributed by atoms with Gasteiger partial charge >= 0.3 is 0 Å². The van der Waals surface area contributed by atoms with E-state index < -0.39 is 0 Å². The van der Waals surface area contributed by atoms with E-state index in [1.807, 2.05) is 38.1 Å². The van der Waals surface area contributed by atoms with Gasteiger partial charge in [0.15, 0.2) is 0 Å². The highest BCUT2D eigenvalue weighted by Crippen LogP contribution is 2.27. The third-order valence-electron chi connectivity index (χ3n) is 3.01. The van der Waals surface area contributed by atoms with Gasteiger partial charge in [-0.3, -0.25) is 0 Å². The van der Waals surface area contributed by atoms with Crippen LogP contribution < -0.4 is 14.8 Å². The van der Waals surface area contributed by atoms with Crippen molar-refractivity contribution < 1.29 is 13.9 Å². The molecule has 112 valence electrons. The zero-order valence-corrected chi connectivity index (χ0v) is 12.5. The maximum atomic E-state index is 13.4. The number of hydrogen-bond acceptors (Lipinski definition) is 3. The van der Waals surface area contributed by atoms with E-state index in [9.17, 15) is 4.39 Å². The summed E-state index contributed by atoms with van der Waals surface area (Å²) in [6.45, 7) is 4.65. The van der Waals surface area contributed by atoms with E-state index in [4.69, 9.17) is 9.47 Å². The third-order valence-corrected chi connectivity index (χ3v) is 3.01. The first-order valence-electron chi connectivity index (χ1n) is 6.92. The Balaban J connectivity index is 2.17. The van der Waals surface area contributed by atoms with Crippen LogP contribution in [0.5, 0.6) is 17.2 Å². The number of hydrogen-bond donors (Lipinski definition) is 1. The first kappa shape index (κ1) is 15.3. The van der Waals surface area contributed by atoms with Gasteiger partial charge in [-0.15, -0.1) is 0 Å². The molecule has 0 aliphatic carbocycles. The molecule has 0 bridgehead atoms. The molecule has 1 N–H and O–H groups in total. The van der Waals surface area contributed by atoms with Crippen molar-refractivity contribution in [1.82, 2.24) is 5.32 Å². The molecular formula is C17H20FNO2. The average molecular weight is 289 g/mol. The first-order valence-corrected chi connectivity index (χ1v) is 6.92. The van der Waals surface area contributed by atoms with E-state index in [2.05, 4.69) is 5.32 Å². The van der Waals surface area contributed by atoms with Gasteiger partial charge in [0.2, 0.25) is 0 Å². The van der Waals surface area contributed by atoms with Crippen molar-refractivity contribution in [3.63, 3.8) is 0 Å². The Kier molecular flexibility index (Phi) is 5.17. The Morgan fingerprint density at radius 1 is 1.05 bits per heavy atom. The zero-order chi connectivity index (χ0) is 15.2. The van der Waals surface area contributed by atoms with Gasteiger partial charge in [-0.2, -0.15) is 0 Å². The summed E-state index contributed by atoms with van der Waals surface area (Å²) in [5, 5.41) is 3.27. The van der Waals surface area contributed by atoms with Crippen molar-refractivity contribution in [2.45, 2.75) is 26.4 Å². The molecule has 0 saturated heterocycles. The molecule has 0 radical (unpaired) electrons. The summed E-state index contributed by atoms with van der Waals surface area (Å²) in [5.74, 6) is 1.84. The summed E-state index contributed by atoms with van der Waals surface area (Å²) in [6, 6.07) is 12.2. The van der Waals surface area contributed by atoms with Crippen molar-refractivity contribution in [1.29, 1.82) is 0 Å². The summed E-state index contributed by atoms with van der Waals surface area (Å²) in [7, 11) is 1.62. The monoisotopic (exact) mass is 289 g/mol. The molecule has 4 heteroatoms. The highest BCUT2D eigenvalue weighted by atomic mass is 19.1. The Labute approximate surface area is 124 Å². The molecule has 0 amide bonds. The summed E-state index contributed by atoms with van der Waals surface area (Å²) in [5.41, 5.74) is 0.791. The number of rotatable bonds is 6. The SMILES string of the molecule is COc1ccc(Oc2ccc(F)cc2CNC(C)C)cc1. The van der Waals surface area contributed by atoms with Crippen LogP contribution in [0, 0.1) is 5.82 Å². The van der Waals surface area contributed by atoms with Crippen LogP contribution in [0.15, 0.2) is 42.5 Å². The van der Waals surface area contributed by atoms with Gasteiger partial charge in [-0.1, -0.05) is 13.8 Å². The molecule has 0 unspecified atom stereocenters. The van der Waals surface area contributed by atoms with Crippen LogP contribution in [0.25, 0.3) is 0 Å². The van der Waals surface area contributed by atoms with E-state index in [1.54, 1.807) is 13.2 Å². The minimum Gasteiger partial charge on any atom is -0.497 e. The summed E-state index contributed by atoms with van der Waals surface area (Å²) in [6.07, 6.45) is 0. The van der Waals surface area contributed by atoms with Crippen molar-refractivity contribution in [3.05, 3.63) is 53.8 Å². The maximum absolute atomic E-state index is 13.4. The Morgan fingerprint density at radius 2 is 1.71 bits per heavy atom. The van der Waals surface area contributed by atoms with Crippen LogP contribution in [0.1, 0.15) is 19.4 Å². The van der Waals surface area contributed by atoms with E-state index >= 15 is 0 Å². The Bertz CT molecular complexity index is 582. The number of ether oxygens (including phenoxy) is 2. The van der Waals surface area contributed by atoms with Gasteiger partial charge in [0, 0.05) is 18.2 Å². The average Bonchev–Trinajstić information content (AvgIpc) is 2.48. The predicted molar refractivity (Wildman–Crippen MR) is 81.4 cm³/mol. The molecule has 2 aromatic rings.